The third-order valence-corrected chi connectivity index (χ3v) is 3.27. The minimum absolute atomic E-state index is 0.338. The summed E-state index contributed by atoms with van der Waals surface area (Å²) in [4.78, 5) is 2.55. The summed E-state index contributed by atoms with van der Waals surface area (Å²) in [5.41, 5.74) is 0. The molecule has 0 bridgehead atoms. The van der Waals surface area contributed by atoms with Crippen molar-refractivity contribution in [3.05, 3.63) is 0 Å². The van der Waals surface area contributed by atoms with E-state index in [0.717, 1.165) is 12.3 Å². The third kappa shape index (κ3) is 3.28. The van der Waals surface area contributed by atoms with Crippen molar-refractivity contribution in [1.82, 2.24) is 4.90 Å². The number of rotatable bonds is 4. The van der Waals surface area contributed by atoms with Gasteiger partial charge in [0, 0.05) is 12.6 Å². The number of hydrogen-bond acceptors (Lipinski definition) is 2. The van der Waals surface area contributed by atoms with E-state index in [2.05, 4.69) is 18.7 Å². The molecule has 0 radical (unpaired) electrons. The summed E-state index contributed by atoms with van der Waals surface area (Å²) < 4.78 is 0. The SMILES string of the molecule is CCC(CCO)N1CCC(C)CC1. The molecule has 0 aromatic heterocycles. The molecule has 1 atom stereocenters. The van der Waals surface area contributed by atoms with Crippen molar-refractivity contribution in [1.29, 1.82) is 0 Å². The Morgan fingerprint density at radius 3 is 2.46 bits per heavy atom. The van der Waals surface area contributed by atoms with Gasteiger partial charge in [-0.25, -0.2) is 0 Å². The highest BCUT2D eigenvalue weighted by atomic mass is 16.3. The van der Waals surface area contributed by atoms with Crippen molar-refractivity contribution in [2.75, 3.05) is 19.7 Å². The van der Waals surface area contributed by atoms with Crippen LogP contribution < -0.4 is 0 Å². The Morgan fingerprint density at radius 2 is 2.00 bits per heavy atom. The molecular formula is C11H23NO. The average molecular weight is 185 g/mol. The molecule has 1 unspecified atom stereocenters. The van der Waals surface area contributed by atoms with Gasteiger partial charge in [-0.3, -0.25) is 0 Å². The van der Waals surface area contributed by atoms with Crippen LogP contribution in [-0.2, 0) is 0 Å². The van der Waals surface area contributed by atoms with Crippen molar-refractivity contribution in [2.24, 2.45) is 5.92 Å². The zero-order valence-corrected chi connectivity index (χ0v) is 9.00. The zero-order chi connectivity index (χ0) is 9.68. The summed E-state index contributed by atoms with van der Waals surface area (Å²) in [7, 11) is 0. The molecule has 0 amide bonds. The average Bonchev–Trinajstić information content (AvgIpc) is 2.16. The molecule has 1 saturated heterocycles. The molecule has 1 aliphatic rings. The Labute approximate surface area is 81.9 Å². The van der Waals surface area contributed by atoms with Crippen LogP contribution in [0.1, 0.15) is 39.5 Å². The third-order valence-electron chi connectivity index (χ3n) is 3.27. The summed E-state index contributed by atoms with van der Waals surface area (Å²) in [5, 5.41) is 8.92. The van der Waals surface area contributed by atoms with E-state index in [-0.39, 0.29) is 0 Å². The van der Waals surface area contributed by atoms with E-state index in [1.165, 1.54) is 32.4 Å². The van der Waals surface area contributed by atoms with Gasteiger partial charge < -0.3 is 10.0 Å². The van der Waals surface area contributed by atoms with E-state index < -0.39 is 0 Å². The van der Waals surface area contributed by atoms with Gasteiger partial charge in [-0.1, -0.05) is 13.8 Å². The van der Waals surface area contributed by atoms with E-state index in [1.54, 1.807) is 0 Å². The normalized spacial score (nSPS) is 23.3. The lowest BCUT2D eigenvalue weighted by Crippen LogP contribution is -2.41. The second-order valence-corrected chi connectivity index (χ2v) is 4.29. The predicted octanol–water partition coefficient (Wildman–Crippen LogP) is 1.88. The maximum absolute atomic E-state index is 8.92. The standard InChI is InChI=1S/C11H23NO/c1-3-11(6-9-13)12-7-4-10(2)5-8-12/h10-11,13H,3-9H2,1-2H3. The number of aliphatic hydroxyl groups excluding tert-OH is 1. The van der Waals surface area contributed by atoms with Crippen LogP contribution in [0.2, 0.25) is 0 Å². The largest absolute Gasteiger partial charge is 0.396 e. The summed E-state index contributed by atoms with van der Waals surface area (Å²) in [6, 6.07) is 0.623. The van der Waals surface area contributed by atoms with Crippen LogP contribution in [0.5, 0.6) is 0 Å². The minimum Gasteiger partial charge on any atom is -0.396 e. The van der Waals surface area contributed by atoms with Crippen molar-refractivity contribution in [3.63, 3.8) is 0 Å². The number of likely N-dealkylation sites (tertiary alicyclic amines) is 1. The number of hydrogen-bond donors (Lipinski definition) is 1. The second kappa shape index (κ2) is 5.61. The Balaban J connectivity index is 2.32. The van der Waals surface area contributed by atoms with Gasteiger partial charge in [0.2, 0.25) is 0 Å². The van der Waals surface area contributed by atoms with E-state index in [9.17, 15) is 0 Å². The molecule has 1 fully saturated rings. The van der Waals surface area contributed by atoms with E-state index in [4.69, 9.17) is 5.11 Å². The van der Waals surface area contributed by atoms with Crippen LogP contribution in [0.4, 0.5) is 0 Å². The van der Waals surface area contributed by atoms with Gasteiger partial charge in [-0.15, -0.1) is 0 Å². The monoisotopic (exact) mass is 185 g/mol. The molecule has 0 spiro atoms. The Morgan fingerprint density at radius 1 is 1.38 bits per heavy atom. The smallest absolute Gasteiger partial charge is 0.0445 e. The molecule has 0 aromatic rings. The molecule has 0 aliphatic carbocycles. The number of aliphatic hydroxyl groups is 1. The summed E-state index contributed by atoms with van der Waals surface area (Å²) >= 11 is 0. The van der Waals surface area contributed by atoms with Crippen molar-refractivity contribution < 1.29 is 5.11 Å². The molecule has 78 valence electrons. The Kier molecular flexibility index (Phi) is 4.74. The van der Waals surface area contributed by atoms with Crippen molar-refractivity contribution in [2.45, 2.75) is 45.6 Å². The highest BCUT2D eigenvalue weighted by molar-refractivity contribution is 4.76. The first-order valence-corrected chi connectivity index (χ1v) is 5.62. The first-order valence-electron chi connectivity index (χ1n) is 5.62. The molecule has 2 heteroatoms. The van der Waals surface area contributed by atoms with Gasteiger partial charge in [0.1, 0.15) is 0 Å². The van der Waals surface area contributed by atoms with Gasteiger partial charge >= 0.3 is 0 Å². The number of piperidine rings is 1. The molecule has 1 heterocycles. The summed E-state index contributed by atoms with van der Waals surface area (Å²) in [6.07, 6.45) is 4.80. The van der Waals surface area contributed by atoms with E-state index in [0.29, 0.717) is 12.6 Å². The molecule has 1 aliphatic heterocycles. The van der Waals surface area contributed by atoms with Crippen LogP contribution >= 0.6 is 0 Å². The minimum atomic E-state index is 0.338. The topological polar surface area (TPSA) is 23.5 Å². The molecular weight excluding hydrogens is 162 g/mol. The lowest BCUT2D eigenvalue weighted by molar-refractivity contribution is 0.112. The van der Waals surface area contributed by atoms with Gasteiger partial charge in [0.25, 0.3) is 0 Å². The van der Waals surface area contributed by atoms with Gasteiger partial charge in [-0.05, 0) is 44.7 Å². The van der Waals surface area contributed by atoms with Gasteiger partial charge in [0.15, 0.2) is 0 Å². The second-order valence-electron chi connectivity index (χ2n) is 4.29. The van der Waals surface area contributed by atoms with E-state index in [1.807, 2.05) is 0 Å². The lowest BCUT2D eigenvalue weighted by Gasteiger charge is -2.36. The maximum Gasteiger partial charge on any atom is 0.0445 e. The highest BCUT2D eigenvalue weighted by Crippen LogP contribution is 2.20. The first kappa shape index (κ1) is 11.0. The quantitative estimate of drug-likeness (QED) is 0.723. The van der Waals surface area contributed by atoms with Crippen LogP contribution in [0.25, 0.3) is 0 Å². The Bertz CT molecular complexity index is 130. The van der Waals surface area contributed by atoms with E-state index >= 15 is 0 Å². The fraction of sp³-hybridized carbons (Fsp3) is 1.00. The van der Waals surface area contributed by atoms with Gasteiger partial charge in [0.05, 0.1) is 0 Å². The molecule has 0 aromatic carbocycles. The zero-order valence-electron chi connectivity index (χ0n) is 9.00. The Hall–Kier alpha value is -0.0800. The molecule has 1 rings (SSSR count). The molecule has 1 N–H and O–H groups in total. The molecule has 0 saturated carbocycles. The van der Waals surface area contributed by atoms with Crippen molar-refractivity contribution >= 4 is 0 Å². The van der Waals surface area contributed by atoms with Crippen molar-refractivity contribution in [3.8, 4) is 0 Å². The summed E-state index contributed by atoms with van der Waals surface area (Å²) in [6.45, 7) is 7.37. The predicted molar refractivity (Wildman–Crippen MR) is 55.8 cm³/mol. The van der Waals surface area contributed by atoms with Crippen LogP contribution in [0.3, 0.4) is 0 Å². The summed E-state index contributed by atoms with van der Waals surface area (Å²) in [5.74, 6) is 0.905. The fourth-order valence-electron chi connectivity index (χ4n) is 2.19. The first-order chi connectivity index (χ1) is 6.27. The molecule has 13 heavy (non-hydrogen) atoms. The molecule has 2 nitrogen and oxygen atoms in total. The lowest BCUT2D eigenvalue weighted by atomic mass is 9.96. The maximum atomic E-state index is 8.92. The fourth-order valence-corrected chi connectivity index (χ4v) is 2.19. The number of nitrogens with zero attached hydrogens (tertiary/aromatic N) is 1. The van der Waals surface area contributed by atoms with Crippen LogP contribution in [-0.4, -0.2) is 35.7 Å². The van der Waals surface area contributed by atoms with Crippen LogP contribution in [0, 0.1) is 5.92 Å². The highest BCUT2D eigenvalue weighted by Gasteiger charge is 2.21. The van der Waals surface area contributed by atoms with Crippen LogP contribution in [0.15, 0.2) is 0 Å². The van der Waals surface area contributed by atoms with Gasteiger partial charge in [-0.2, -0.15) is 0 Å².